The molecule has 2 aliphatic heterocycles. The van der Waals surface area contributed by atoms with E-state index in [1.165, 1.54) is 0 Å². The number of hydrogen-bond donors (Lipinski definition) is 1. The van der Waals surface area contributed by atoms with Crippen LogP contribution < -0.4 is 5.32 Å². The molecule has 3 rings (SSSR count). The minimum atomic E-state index is -0.575. The fourth-order valence-corrected chi connectivity index (χ4v) is 3.08. The number of likely N-dealkylation sites (tertiary alicyclic amines) is 1. The average Bonchev–Trinajstić information content (AvgIpc) is 2.97. The second-order valence-corrected chi connectivity index (χ2v) is 6.39. The van der Waals surface area contributed by atoms with Crippen molar-refractivity contribution in [1.29, 1.82) is 0 Å². The van der Waals surface area contributed by atoms with Gasteiger partial charge in [0.1, 0.15) is 11.3 Å². The van der Waals surface area contributed by atoms with Gasteiger partial charge in [0, 0.05) is 39.3 Å². The van der Waals surface area contributed by atoms with Crippen molar-refractivity contribution in [2.24, 2.45) is 4.99 Å². The van der Waals surface area contributed by atoms with Crippen molar-refractivity contribution in [2.75, 3.05) is 27.2 Å². The zero-order chi connectivity index (χ0) is 15.9. The van der Waals surface area contributed by atoms with Crippen LogP contribution in [0.5, 0.6) is 0 Å². The Labute approximate surface area is 130 Å². The van der Waals surface area contributed by atoms with E-state index in [1.54, 1.807) is 0 Å². The summed E-state index contributed by atoms with van der Waals surface area (Å²) < 4.78 is 5.22. The SMILES string of the molecule is Cc1noc(C)c1CN1CCC2(CC1)N=C(N(C)C)NC2=O. The van der Waals surface area contributed by atoms with Crippen LogP contribution in [0.15, 0.2) is 9.52 Å². The number of carbonyl (C=O) groups is 1. The molecule has 2 aliphatic rings. The van der Waals surface area contributed by atoms with Crippen LogP contribution in [0.1, 0.15) is 29.9 Å². The summed E-state index contributed by atoms with van der Waals surface area (Å²) in [6.45, 7) is 6.43. The molecule has 3 heterocycles. The van der Waals surface area contributed by atoms with Crippen molar-refractivity contribution >= 4 is 11.9 Å². The zero-order valence-corrected chi connectivity index (χ0v) is 13.6. The van der Waals surface area contributed by atoms with E-state index in [1.807, 2.05) is 32.8 Å². The number of aliphatic imine (C=N–C) groups is 1. The smallest absolute Gasteiger partial charge is 0.254 e. The lowest BCUT2D eigenvalue weighted by molar-refractivity contribution is -0.125. The lowest BCUT2D eigenvalue weighted by atomic mass is 9.88. The Morgan fingerprint density at radius 2 is 2.00 bits per heavy atom. The number of amides is 1. The second kappa shape index (κ2) is 5.39. The van der Waals surface area contributed by atoms with Gasteiger partial charge in [-0.25, -0.2) is 4.99 Å². The van der Waals surface area contributed by atoms with E-state index >= 15 is 0 Å². The van der Waals surface area contributed by atoms with Gasteiger partial charge < -0.3 is 9.42 Å². The molecule has 22 heavy (non-hydrogen) atoms. The van der Waals surface area contributed by atoms with Gasteiger partial charge in [-0.3, -0.25) is 15.0 Å². The number of nitrogens with zero attached hydrogens (tertiary/aromatic N) is 4. The number of aryl methyl sites for hydroxylation is 2. The van der Waals surface area contributed by atoms with E-state index in [0.717, 1.165) is 49.5 Å². The molecule has 0 atom stereocenters. The third-order valence-corrected chi connectivity index (χ3v) is 4.64. The van der Waals surface area contributed by atoms with Gasteiger partial charge in [-0.2, -0.15) is 0 Å². The van der Waals surface area contributed by atoms with E-state index in [4.69, 9.17) is 4.52 Å². The molecular weight excluding hydrogens is 282 g/mol. The number of rotatable bonds is 2. The molecule has 7 heteroatoms. The maximum atomic E-state index is 12.3. The lowest BCUT2D eigenvalue weighted by Gasteiger charge is -2.35. The van der Waals surface area contributed by atoms with E-state index in [9.17, 15) is 4.79 Å². The Morgan fingerprint density at radius 3 is 2.50 bits per heavy atom. The molecule has 0 aromatic carbocycles. The summed E-state index contributed by atoms with van der Waals surface area (Å²) in [5, 5.41) is 6.89. The van der Waals surface area contributed by atoms with Crippen molar-refractivity contribution in [1.82, 2.24) is 20.3 Å². The van der Waals surface area contributed by atoms with E-state index in [0.29, 0.717) is 5.96 Å². The molecule has 1 amide bonds. The topological polar surface area (TPSA) is 74.0 Å². The number of hydrogen-bond acceptors (Lipinski definition) is 6. The molecule has 0 bridgehead atoms. The molecular formula is C15H23N5O2. The Kier molecular flexibility index (Phi) is 3.68. The van der Waals surface area contributed by atoms with Crippen molar-refractivity contribution in [3.8, 4) is 0 Å². The molecule has 1 aromatic heterocycles. The highest BCUT2D eigenvalue weighted by Gasteiger charge is 2.46. The Balaban J connectivity index is 1.67. The van der Waals surface area contributed by atoms with Crippen LogP contribution in [-0.4, -0.2) is 59.5 Å². The first-order chi connectivity index (χ1) is 10.4. The van der Waals surface area contributed by atoms with Crippen LogP contribution in [0.25, 0.3) is 0 Å². The molecule has 1 spiro atoms. The second-order valence-electron chi connectivity index (χ2n) is 6.39. The molecule has 0 saturated carbocycles. The number of piperidine rings is 1. The summed E-state index contributed by atoms with van der Waals surface area (Å²) in [4.78, 5) is 21.1. The molecule has 0 unspecified atom stereocenters. The maximum Gasteiger partial charge on any atom is 0.254 e. The highest BCUT2D eigenvalue weighted by atomic mass is 16.5. The summed E-state index contributed by atoms with van der Waals surface area (Å²) in [5.41, 5.74) is 1.53. The standard InChI is InChI=1S/C15H23N5O2/c1-10-12(11(2)22-18-10)9-20-7-5-15(6-8-20)13(21)16-14(17-15)19(3)4/h5-9H2,1-4H3,(H,16,17,21). The predicted molar refractivity (Wildman–Crippen MR) is 82.5 cm³/mol. The summed E-state index contributed by atoms with van der Waals surface area (Å²) in [6, 6.07) is 0. The van der Waals surface area contributed by atoms with Gasteiger partial charge in [-0.15, -0.1) is 0 Å². The first-order valence-corrected chi connectivity index (χ1v) is 7.64. The summed E-state index contributed by atoms with van der Waals surface area (Å²) >= 11 is 0. The molecule has 7 nitrogen and oxygen atoms in total. The van der Waals surface area contributed by atoms with Gasteiger partial charge in [0.25, 0.3) is 5.91 Å². The molecule has 1 aromatic rings. The van der Waals surface area contributed by atoms with E-state index in [2.05, 4.69) is 20.4 Å². The van der Waals surface area contributed by atoms with E-state index in [-0.39, 0.29) is 5.91 Å². The largest absolute Gasteiger partial charge is 0.361 e. The average molecular weight is 305 g/mol. The lowest BCUT2D eigenvalue weighted by Crippen LogP contribution is -2.49. The third kappa shape index (κ3) is 2.49. The minimum Gasteiger partial charge on any atom is -0.361 e. The summed E-state index contributed by atoms with van der Waals surface area (Å²) in [5.74, 6) is 1.58. The fourth-order valence-electron chi connectivity index (χ4n) is 3.08. The van der Waals surface area contributed by atoms with Gasteiger partial charge in [0.05, 0.1) is 5.69 Å². The van der Waals surface area contributed by atoms with Crippen LogP contribution in [0.2, 0.25) is 0 Å². The van der Waals surface area contributed by atoms with Gasteiger partial charge in [0.15, 0.2) is 0 Å². The van der Waals surface area contributed by atoms with Crippen molar-refractivity contribution in [3.63, 3.8) is 0 Å². The van der Waals surface area contributed by atoms with Crippen LogP contribution in [-0.2, 0) is 11.3 Å². The van der Waals surface area contributed by atoms with Crippen LogP contribution in [0.3, 0.4) is 0 Å². The van der Waals surface area contributed by atoms with Gasteiger partial charge in [0.2, 0.25) is 5.96 Å². The maximum absolute atomic E-state index is 12.3. The minimum absolute atomic E-state index is 0.0354. The highest BCUT2D eigenvalue weighted by Crippen LogP contribution is 2.31. The molecule has 1 fully saturated rings. The zero-order valence-electron chi connectivity index (χ0n) is 13.6. The Hall–Kier alpha value is -1.89. The number of guanidine groups is 1. The quantitative estimate of drug-likeness (QED) is 0.869. The van der Waals surface area contributed by atoms with Crippen LogP contribution >= 0.6 is 0 Å². The molecule has 120 valence electrons. The third-order valence-electron chi connectivity index (χ3n) is 4.64. The van der Waals surface area contributed by atoms with Gasteiger partial charge >= 0.3 is 0 Å². The van der Waals surface area contributed by atoms with Crippen molar-refractivity contribution in [3.05, 3.63) is 17.0 Å². The summed E-state index contributed by atoms with van der Waals surface area (Å²) in [7, 11) is 3.79. The number of carbonyl (C=O) groups excluding carboxylic acids is 1. The monoisotopic (exact) mass is 305 g/mol. The van der Waals surface area contributed by atoms with Gasteiger partial charge in [-0.05, 0) is 26.7 Å². The van der Waals surface area contributed by atoms with Crippen molar-refractivity contribution < 1.29 is 9.32 Å². The van der Waals surface area contributed by atoms with Crippen LogP contribution in [0.4, 0.5) is 0 Å². The number of nitrogens with one attached hydrogen (secondary N) is 1. The van der Waals surface area contributed by atoms with Crippen molar-refractivity contribution in [2.45, 2.75) is 38.8 Å². The Morgan fingerprint density at radius 1 is 1.32 bits per heavy atom. The molecule has 0 radical (unpaired) electrons. The molecule has 0 aliphatic carbocycles. The number of aromatic nitrogens is 1. The van der Waals surface area contributed by atoms with E-state index < -0.39 is 5.54 Å². The Bertz CT molecular complexity index is 592. The predicted octanol–water partition coefficient (Wildman–Crippen LogP) is 0.673. The van der Waals surface area contributed by atoms with Gasteiger partial charge in [-0.1, -0.05) is 5.16 Å². The normalized spacial score (nSPS) is 21.1. The highest BCUT2D eigenvalue weighted by molar-refractivity contribution is 6.07. The first kappa shape index (κ1) is 15.0. The fraction of sp³-hybridized carbons (Fsp3) is 0.667. The molecule has 1 N–H and O–H groups in total. The first-order valence-electron chi connectivity index (χ1n) is 7.64. The molecule has 1 saturated heterocycles. The summed E-state index contributed by atoms with van der Waals surface area (Å²) in [6.07, 6.45) is 1.50. The van der Waals surface area contributed by atoms with Crippen LogP contribution in [0, 0.1) is 13.8 Å².